The minimum Gasteiger partial charge on any atom is -0.449 e. The van der Waals surface area contributed by atoms with E-state index < -0.39 is 30.3 Å². The topological polar surface area (TPSA) is 116 Å². The molecule has 1 saturated carbocycles. The zero-order valence-electron chi connectivity index (χ0n) is 20.1. The van der Waals surface area contributed by atoms with Crippen molar-refractivity contribution >= 4 is 12.0 Å². The largest absolute Gasteiger partial charge is 0.449 e. The van der Waals surface area contributed by atoms with Gasteiger partial charge in [0.15, 0.2) is 0 Å². The van der Waals surface area contributed by atoms with E-state index in [4.69, 9.17) is 4.74 Å². The lowest BCUT2D eigenvalue weighted by atomic mass is 9.80. The summed E-state index contributed by atoms with van der Waals surface area (Å²) in [4.78, 5) is 21.9. The Morgan fingerprint density at radius 3 is 2.53 bits per heavy atom. The molecule has 4 N–H and O–H groups in total. The number of nitrogens with one attached hydrogen (secondary N) is 1. The molecular formula is C25H43NO6. The van der Waals surface area contributed by atoms with E-state index in [2.05, 4.69) is 26.1 Å². The van der Waals surface area contributed by atoms with Crippen LogP contribution >= 0.6 is 0 Å². The molecule has 0 aromatic carbocycles. The van der Waals surface area contributed by atoms with Crippen LogP contribution in [0.1, 0.15) is 79.1 Å². The first-order chi connectivity index (χ1) is 15.1. The van der Waals surface area contributed by atoms with Crippen molar-refractivity contribution in [3.8, 4) is 0 Å². The van der Waals surface area contributed by atoms with E-state index in [9.17, 15) is 24.9 Å². The Bertz CT molecular complexity index is 630. The molecule has 0 bridgehead atoms. The number of alkyl carbamates (subject to hydrolysis) is 1. The maximum Gasteiger partial charge on any atom is 0.413 e. The summed E-state index contributed by atoms with van der Waals surface area (Å²) in [6, 6.07) is 0. The number of hydrogen-bond acceptors (Lipinski definition) is 6. The van der Waals surface area contributed by atoms with E-state index in [0.29, 0.717) is 19.3 Å². The lowest BCUT2D eigenvalue weighted by Gasteiger charge is -2.29. The number of aliphatic hydroxyl groups excluding tert-OH is 3. The van der Waals surface area contributed by atoms with Gasteiger partial charge in [0.25, 0.3) is 0 Å². The van der Waals surface area contributed by atoms with Crippen molar-refractivity contribution < 1.29 is 29.6 Å². The van der Waals surface area contributed by atoms with Crippen LogP contribution in [-0.2, 0) is 9.53 Å². The second kappa shape index (κ2) is 14.4. The smallest absolute Gasteiger partial charge is 0.413 e. The normalized spacial score (nSPS) is 24.8. The van der Waals surface area contributed by atoms with E-state index in [1.807, 2.05) is 18.2 Å². The Balaban J connectivity index is 2.44. The molecule has 1 fully saturated rings. The fourth-order valence-corrected chi connectivity index (χ4v) is 4.06. The summed E-state index contributed by atoms with van der Waals surface area (Å²) in [5, 5.41) is 33.4. The number of ether oxygens (including phenoxy) is 1. The maximum atomic E-state index is 11.2. The molecule has 1 aliphatic carbocycles. The number of unbranched alkanes of at least 4 members (excludes halogenated alkanes) is 3. The number of rotatable bonds is 13. The lowest BCUT2D eigenvalue weighted by Crippen LogP contribution is -2.28. The van der Waals surface area contributed by atoms with Crippen LogP contribution in [0.5, 0.6) is 0 Å². The zero-order valence-corrected chi connectivity index (χ0v) is 20.1. The average molecular weight is 454 g/mol. The molecule has 32 heavy (non-hydrogen) atoms. The van der Waals surface area contributed by atoms with Crippen molar-refractivity contribution in [1.29, 1.82) is 0 Å². The van der Waals surface area contributed by atoms with E-state index in [-0.39, 0.29) is 23.9 Å². The van der Waals surface area contributed by atoms with Crippen LogP contribution in [0.4, 0.5) is 4.79 Å². The molecule has 0 unspecified atom stereocenters. The van der Waals surface area contributed by atoms with E-state index in [0.717, 1.165) is 32.1 Å². The van der Waals surface area contributed by atoms with Crippen molar-refractivity contribution in [2.75, 3.05) is 6.61 Å². The molecule has 0 saturated heterocycles. The zero-order chi connectivity index (χ0) is 24.1. The van der Waals surface area contributed by atoms with Crippen LogP contribution in [0.3, 0.4) is 0 Å². The van der Waals surface area contributed by atoms with Gasteiger partial charge in [0, 0.05) is 19.3 Å². The predicted octanol–water partition coefficient (Wildman–Crippen LogP) is 3.87. The second-order valence-electron chi connectivity index (χ2n) is 9.55. The number of imide groups is 1. The highest BCUT2D eigenvalue weighted by atomic mass is 16.5. The van der Waals surface area contributed by atoms with Crippen LogP contribution in [0, 0.1) is 17.3 Å². The van der Waals surface area contributed by atoms with Gasteiger partial charge < -0.3 is 20.1 Å². The average Bonchev–Trinajstić information content (AvgIpc) is 2.98. The predicted molar refractivity (Wildman–Crippen MR) is 125 cm³/mol. The van der Waals surface area contributed by atoms with Gasteiger partial charge in [-0.05, 0) is 43.4 Å². The van der Waals surface area contributed by atoms with Crippen molar-refractivity contribution in [1.82, 2.24) is 5.32 Å². The summed E-state index contributed by atoms with van der Waals surface area (Å²) >= 11 is 0. The quantitative estimate of drug-likeness (QED) is 0.248. The number of carbonyl (C=O) groups excluding carboxylic acids is 2. The van der Waals surface area contributed by atoms with E-state index >= 15 is 0 Å². The highest BCUT2D eigenvalue weighted by Gasteiger charge is 2.39. The molecule has 0 aromatic heterocycles. The van der Waals surface area contributed by atoms with Gasteiger partial charge in [0.2, 0.25) is 5.91 Å². The summed E-state index contributed by atoms with van der Waals surface area (Å²) in [7, 11) is 0. The van der Waals surface area contributed by atoms with Gasteiger partial charge in [0.05, 0.1) is 24.9 Å². The minimum absolute atomic E-state index is 0.0814. The maximum absolute atomic E-state index is 11.2. The molecule has 5 atom stereocenters. The number of aliphatic hydroxyl groups is 3. The molecule has 0 radical (unpaired) electrons. The Morgan fingerprint density at radius 1 is 1.16 bits per heavy atom. The summed E-state index contributed by atoms with van der Waals surface area (Å²) in [6.45, 7) is 7.75. The Kier molecular flexibility index (Phi) is 12.8. The third-order valence-electron chi connectivity index (χ3n) is 6.26. The molecule has 0 aliphatic heterocycles. The van der Waals surface area contributed by atoms with Crippen molar-refractivity contribution in [3.63, 3.8) is 0 Å². The van der Waals surface area contributed by atoms with Crippen LogP contribution in [0.2, 0.25) is 0 Å². The van der Waals surface area contributed by atoms with Crippen LogP contribution in [0.15, 0.2) is 24.3 Å². The fourth-order valence-electron chi connectivity index (χ4n) is 4.06. The standard InChI is InChI=1S/C25H43NO6/c1-5-6-15-25(3,4)23(30)14-13-20-19(21(28)17-22(20)29)12-10-8-7-9-11-16-32-24(31)26-18(2)27/h8,10,13-14,19-23,28-30H,5-7,9,11-12,15-17H2,1-4H3,(H,26,27,31)/b10-8-,14-13+/t19-,20-,21+,22-,23-/m1/s1. The van der Waals surface area contributed by atoms with Gasteiger partial charge in [0.1, 0.15) is 0 Å². The van der Waals surface area contributed by atoms with Gasteiger partial charge in [-0.25, -0.2) is 4.79 Å². The van der Waals surface area contributed by atoms with Crippen molar-refractivity contribution in [3.05, 3.63) is 24.3 Å². The second-order valence-corrected chi connectivity index (χ2v) is 9.55. The Hall–Kier alpha value is -1.70. The first kappa shape index (κ1) is 28.3. The first-order valence-corrected chi connectivity index (χ1v) is 11.9. The Labute approximate surface area is 192 Å². The molecule has 1 aliphatic rings. The van der Waals surface area contributed by atoms with Gasteiger partial charge >= 0.3 is 6.09 Å². The molecule has 184 valence electrons. The van der Waals surface area contributed by atoms with Crippen molar-refractivity contribution in [2.24, 2.45) is 17.3 Å². The van der Waals surface area contributed by atoms with Gasteiger partial charge in [-0.15, -0.1) is 0 Å². The van der Waals surface area contributed by atoms with Crippen LogP contribution in [0.25, 0.3) is 0 Å². The highest BCUT2D eigenvalue weighted by molar-refractivity contribution is 5.90. The number of amides is 2. The molecule has 0 spiro atoms. The third-order valence-corrected chi connectivity index (χ3v) is 6.26. The summed E-state index contributed by atoms with van der Waals surface area (Å²) in [5.74, 6) is -0.707. The SMILES string of the molecule is CCCCC(C)(C)[C@H](O)/C=C/[C@@H]1[C@@H](C/C=C\CCCCOC(=O)NC(C)=O)[C@@H](O)C[C@H]1O. The van der Waals surface area contributed by atoms with Gasteiger partial charge in [-0.1, -0.05) is 57.9 Å². The summed E-state index contributed by atoms with van der Waals surface area (Å²) < 4.78 is 4.89. The Morgan fingerprint density at radius 2 is 1.88 bits per heavy atom. The summed E-state index contributed by atoms with van der Waals surface area (Å²) in [6.07, 6.45) is 11.7. The lowest BCUT2D eigenvalue weighted by molar-refractivity contribution is -0.118. The molecule has 2 amide bonds. The van der Waals surface area contributed by atoms with E-state index in [1.54, 1.807) is 6.08 Å². The first-order valence-electron chi connectivity index (χ1n) is 11.9. The number of carbonyl (C=O) groups is 2. The van der Waals surface area contributed by atoms with E-state index in [1.165, 1.54) is 6.92 Å². The van der Waals surface area contributed by atoms with Gasteiger partial charge in [-0.3, -0.25) is 10.1 Å². The molecule has 1 rings (SSSR count). The monoisotopic (exact) mass is 453 g/mol. The molecule has 0 aromatic rings. The molecule has 0 heterocycles. The van der Waals surface area contributed by atoms with Crippen LogP contribution in [-0.4, -0.2) is 52.2 Å². The molecule has 7 heteroatoms. The molecular weight excluding hydrogens is 410 g/mol. The third kappa shape index (κ3) is 10.3. The minimum atomic E-state index is -0.722. The molecule has 7 nitrogen and oxygen atoms in total. The van der Waals surface area contributed by atoms with Crippen LogP contribution < -0.4 is 5.32 Å². The van der Waals surface area contributed by atoms with Crippen molar-refractivity contribution in [2.45, 2.75) is 97.4 Å². The number of hydrogen-bond donors (Lipinski definition) is 4. The van der Waals surface area contributed by atoms with Gasteiger partial charge in [-0.2, -0.15) is 0 Å². The summed E-state index contributed by atoms with van der Waals surface area (Å²) in [5.41, 5.74) is -0.222. The fraction of sp³-hybridized carbons (Fsp3) is 0.760. The number of allylic oxidation sites excluding steroid dienone is 2. The highest BCUT2D eigenvalue weighted by Crippen LogP contribution is 2.37.